The molecule has 1 atom stereocenters. The number of halogens is 6. The zero-order valence-electron chi connectivity index (χ0n) is 11.3. The van der Waals surface area contributed by atoms with Crippen LogP contribution < -0.4 is 5.32 Å². The van der Waals surface area contributed by atoms with Crippen LogP contribution in [0.5, 0.6) is 0 Å². The number of alkyl halides is 6. The van der Waals surface area contributed by atoms with Crippen LogP contribution in [0.2, 0.25) is 0 Å². The van der Waals surface area contributed by atoms with Crippen LogP contribution in [-0.4, -0.2) is 29.9 Å². The molecule has 1 heterocycles. The summed E-state index contributed by atoms with van der Waals surface area (Å²) >= 11 is 0. The van der Waals surface area contributed by atoms with E-state index in [-0.39, 0.29) is 6.42 Å². The highest BCUT2D eigenvalue weighted by atomic mass is 19.4. The van der Waals surface area contributed by atoms with Crippen molar-refractivity contribution in [3.05, 3.63) is 29.6 Å². The van der Waals surface area contributed by atoms with Gasteiger partial charge >= 0.3 is 12.5 Å². The van der Waals surface area contributed by atoms with Crippen LogP contribution in [0.1, 0.15) is 29.3 Å². The number of carbonyl (C=O) groups excluding carboxylic acids is 1. The lowest BCUT2D eigenvalue weighted by molar-refractivity contribution is -0.326. The molecule has 1 aromatic rings. The zero-order chi connectivity index (χ0) is 17.0. The van der Waals surface area contributed by atoms with E-state index in [9.17, 15) is 31.1 Å². The van der Waals surface area contributed by atoms with Crippen molar-refractivity contribution in [1.82, 2.24) is 10.3 Å². The summed E-state index contributed by atoms with van der Waals surface area (Å²) in [7, 11) is 0. The monoisotopic (exact) mass is 330 g/mol. The number of ether oxygens (including phenoxy) is 1. The average Bonchev–Trinajstić information content (AvgIpc) is 2.41. The van der Waals surface area contributed by atoms with Crippen LogP contribution in [0.15, 0.2) is 18.5 Å². The number of nitrogens with one attached hydrogen (secondary N) is 1. The lowest BCUT2D eigenvalue weighted by Crippen LogP contribution is -2.39. The van der Waals surface area contributed by atoms with Crippen molar-refractivity contribution in [1.29, 1.82) is 0 Å². The molecule has 0 aliphatic rings. The molecule has 1 aromatic heterocycles. The summed E-state index contributed by atoms with van der Waals surface area (Å²) in [4.78, 5) is 15.1. The fourth-order valence-electron chi connectivity index (χ4n) is 1.44. The fourth-order valence-corrected chi connectivity index (χ4v) is 1.44. The van der Waals surface area contributed by atoms with Gasteiger partial charge < -0.3 is 5.32 Å². The molecule has 22 heavy (non-hydrogen) atoms. The largest absolute Gasteiger partial charge is 0.522 e. The molecule has 0 saturated heterocycles. The molecule has 0 fully saturated rings. The Morgan fingerprint density at radius 1 is 1.27 bits per heavy atom. The minimum Gasteiger partial charge on any atom is -0.347 e. The maximum atomic E-state index is 12.5. The second kappa shape index (κ2) is 6.95. The molecule has 0 saturated carbocycles. The molecule has 124 valence electrons. The maximum Gasteiger partial charge on any atom is 0.522 e. The van der Waals surface area contributed by atoms with Gasteiger partial charge in [0.15, 0.2) is 0 Å². The topological polar surface area (TPSA) is 51.2 Å². The average molecular weight is 330 g/mol. The van der Waals surface area contributed by atoms with E-state index in [0.717, 1.165) is 6.20 Å². The molecule has 1 rings (SSSR count). The Morgan fingerprint density at radius 3 is 2.41 bits per heavy atom. The van der Waals surface area contributed by atoms with Crippen molar-refractivity contribution >= 4 is 5.91 Å². The summed E-state index contributed by atoms with van der Waals surface area (Å²) in [6.07, 6.45) is -7.99. The Bertz CT molecular complexity index is 515. The van der Waals surface area contributed by atoms with Crippen LogP contribution in [0.25, 0.3) is 0 Å². The Balaban J connectivity index is 2.75. The highest BCUT2D eigenvalue weighted by Crippen LogP contribution is 2.28. The highest BCUT2D eigenvalue weighted by Gasteiger charge is 2.32. The molecule has 0 aromatic carbocycles. The van der Waals surface area contributed by atoms with E-state index < -0.39 is 42.2 Å². The second-order valence-electron chi connectivity index (χ2n) is 4.30. The molecule has 0 spiro atoms. The normalized spacial score (nSPS) is 13.8. The summed E-state index contributed by atoms with van der Waals surface area (Å²) < 4.78 is 76.9. The summed E-state index contributed by atoms with van der Waals surface area (Å²) in [6, 6.07) is -0.427. The molecule has 0 aliphatic heterocycles. The van der Waals surface area contributed by atoms with Crippen LogP contribution in [0, 0.1) is 0 Å². The summed E-state index contributed by atoms with van der Waals surface area (Å²) in [5, 5.41) is 2.16. The van der Waals surface area contributed by atoms with E-state index in [1.165, 1.54) is 6.92 Å². The Hall–Kier alpha value is -1.84. The van der Waals surface area contributed by atoms with Gasteiger partial charge in [-0.1, -0.05) is 6.92 Å². The van der Waals surface area contributed by atoms with Crippen molar-refractivity contribution in [2.24, 2.45) is 0 Å². The first-order valence-electron chi connectivity index (χ1n) is 6.06. The number of nitrogens with zero attached hydrogens (tertiary/aromatic N) is 1. The van der Waals surface area contributed by atoms with E-state index >= 15 is 0 Å². The summed E-state index contributed by atoms with van der Waals surface area (Å²) in [5.41, 5.74) is -1.53. The van der Waals surface area contributed by atoms with E-state index in [4.69, 9.17) is 0 Å². The van der Waals surface area contributed by atoms with E-state index in [1.807, 2.05) is 0 Å². The number of amides is 1. The third kappa shape index (κ3) is 5.88. The van der Waals surface area contributed by atoms with Gasteiger partial charge in [0, 0.05) is 12.4 Å². The molecule has 10 heteroatoms. The van der Waals surface area contributed by atoms with Crippen LogP contribution in [-0.2, 0) is 10.9 Å². The van der Waals surface area contributed by atoms with E-state index in [1.54, 1.807) is 0 Å². The van der Waals surface area contributed by atoms with E-state index in [0.29, 0.717) is 12.3 Å². The lowest BCUT2D eigenvalue weighted by Gasteiger charge is -2.18. The Kier molecular flexibility index (Phi) is 5.75. The SMILES string of the molecule is CCC(COC(F)(F)F)NC(=O)c1cncc(C(F)(F)F)c1. The van der Waals surface area contributed by atoms with Gasteiger partial charge in [0.25, 0.3) is 5.91 Å². The fraction of sp³-hybridized carbons (Fsp3) is 0.500. The number of hydrogen-bond donors (Lipinski definition) is 1. The van der Waals surface area contributed by atoms with Gasteiger partial charge in [0.05, 0.1) is 23.8 Å². The van der Waals surface area contributed by atoms with Crippen molar-refractivity contribution in [3.63, 3.8) is 0 Å². The van der Waals surface area contributed by atoms with Gasteiger partial charge in [-0.05, 0) is 12.5 Å². The maximum absolute atomic E-state index is 12.5. The van der Waals surface area contributed by atoms with Crippen molar-refractivity contribution in [2.45, 2.75) is 31.9 Å². The molecular weight excluding hydrogens is 318 g/mol. The van der Waals surface area contributed by atoms with Crippen LogP contribution in [0.4, 0.5) is 26.3 Å². The molecule has 0 radical (unpaired) electrons. The number of pyridine rings is 1. The van der Waals surface area contributed by atoms with Gasteiger partial charge in [-0.15, -0.1) is 13.2 Å². The third-order valence-corrected chi connectivity index (χ3v) is 2.60. The first-order valence-corrected chi connectivity index (χ1v) is 6.06. The van der Waals surface area contributed by atoms with Crippen LogP contribution in [0.3, 0.4) is 0 Å². The number of hydrogen-bond acceptors (Lipinski definition) is 3. The van der Waals surface area contributed by atoms with Crippen molar-refractivity contribution in [3.8, 4) is 0 Å². The minimum atomic E-state index is -4.85. The van der Waals surface area contributed by atoms with Gasteiger partial charge in [0.2, 0.25) is 0 Å². The summed E-state index contributed by atoms with van der Waals surface area (Å²) in [5.74, 6) is -0.962. The molecular formula is C12H12F6N2O2. The van der Waals surface area contributed by atoms with Crippen molar-refractivity contribution < 1.29 is 35.9 Å². The molecule has 1 amide bonds. The first-order chi connectivity index (χ1) is 10.0. The number of rotatable bonds is 5. The molecule has 1 N–H and O–H groups in total. The second-order valence-corrected chi connectivity index (χ2v) is 4.30. The number of carbonyl (C=O) groups is 1. The van der Waals surface area contributed by atoms with Crippen molar-refractivity contribution in [2.75, 3.05) is 6.61 Å². The van der Waals surface area contributed by atoms with Gasteiger partial charge in [-0.2, -0.15) is 13.2 Å². The molecule has 0 bridgehead atoms. The minimum absolute atomic E-state index is 0.105. The van der Waals surface area contributed by atoms with E-state index in [2.05, 4.69) is 15.0 Å². The molecule has 4 nitrogen and oxygen atoms in total. The first kappa shape index (κ1) is 18.2. The smallest absolute Gasteiger partial charge is 0.347 e. The predicted molar refractivity (Wildman–Crippen MR) is 62.8 cm³/mol. The standard InChI is InChI=1S/C12H12F6N2O2/c1-2-9(6-22-12(16,17)18)20-10(21)7-3-8(5-19-4-7)11(13,14)15/h3-5,9H,2,6H2,1H3,(H,20,21). The quantitative estimate of drug-likeness (QED) is 0.844. The summed E-state index contributed by atoms with van der Waals surface area (Å²) in [6.45, 7) is 0.660. The number of aromatic nitrogens is 1. The van der Waals surface area contributed by atoms with Gasteiger partial charge in [0.1, 0.15) is 0 Å². The Morgan fingerprint density at radius 2 is 1.91 bits per heavy atom. The molecule has 1 unspecified atom stereocenters. The highest BCUT2D eigenvalue weighted by molar-refractivity contribution is 5.94. The predicted octanol–water partition coefficient (Wildman–Crippen LogP) is 3.15. The lowest BCUT2D eigenvalue weighted by atomic mass is 10.1. The Labute approximate surface area is 121 Å². The zero-order valence-corrected chi connectivity index (χ0v) is 11.3. The van der Waals surface area contributed by atoms with Crippen LogP contribution >= 0.6 is 0 Å². The van der Waals surface area contributed by atoms with Gasteiger partial charge in [-0.25, -0.2) is 0 Å². The third-order valence-electron chi connectivity index (χ3n) is 2.60. The van der Waals surface area contributed by atoms with Gasteiger partial charge in [-0.3, -0.25) is 14.5 Å². The molecule has 0 aliphatic carbocycles.